The molecule has 0 aliphatic carbocycles. The summed E-state index contributed by atoms with van der Waals surface area (Å²) in [5, 5.41) is 0. The molecule has 0 aromatic heterocycles. The molecule has 1 atom stereocenters. The number of hydrogen-bond acceptors (Lipinski definition) is 5. The Hall–Kier alpha value is -3.69. The van der Waals surface area contributed by atoms with Gasteiger partial charge in [0.05, 0.1) is 10.9 Å². The highest BCUT2D eigenvalue weighted by Crippen LogP contribution is 2.21. The molecule has 1 unspecified atom stereocenters. The summed E-state index contributed by atoms with van der Waals surface area (Å²) in [6, 6.07) is 23.6. The van der Waals surface area contributed by atoms with Crippen LogP contribution in [0.4, 0.5) is 0 Å². The maximum atomic E-state index is 12.3. The summed E-state index contributed by atoms with van der Waals surface area (Å²) in [5.74, 6) is -0.816. The van der Waals surface area contributed by atoms with Crippen LogP contribution in [-0.4, -0.2) is 32.9 Å². The number of ether oxygens (including phenoxy) is 1. The van der Waals surface area contributed by atoms with Crippen molar-refractivity contribution in [1.82, 2.24) is 15.6 Å². The largest absolute Gasteiger partial charge is 0.484 e. The second kappa shape index (κ2) is 10.6. The minimum absolute atomic E-state index is 0.0374. The van der Waals surface area contributed by atoms with E-state index in [2.05, 4.69) is 15.6 Å². The molecule has 0 saturated heterocycles. The number of rotatable bonds is 8. The van der Waals surface area contributed by atoms with Crippen LogP contribution in [0.5, 0.6) is 5.75 Å². The van der Waals surface area contributed by atoms with Crippen molar-refractivity contribution in [3.8, 4) is 16.9 Å². The van der Waals surface area contributed by atoms with E-state index in [1.165, 1.54) is 19.1 Å². The molecule has 166 valence electrons. The van der Waals surface area contributed by atoms with Gasteiger partial charge in [0, 0.05) is 0 Å². The van der Waals surface area contributed by atoms with E-state index in [4.69, 9.17) is 4.74 Å². The number of carbonyl (C=O) groups is 2. The van der Waals surface area contributed by atoms with Crippen molar-refractivity contribution in [3.63, 3.8) is 0 Å². The lowest BCUT2D eigenvalue weighted by molar-refractivity contribution is -0.130. The zero-order valence-electron chi connectivity index (χ0n) is 17.3. The van der Waals surface area contributed by atoms with Crippen molar-refractivity contribution in [3.05, 3.63) is 84.9 Å². The zero-order valence-corrected chi connectivity index (χ0v) is 18.1. The molecule has 0 saturated carbocycles. The lowest BCUT2D eigenvalue weighted by Crippen LogP contribution is -2.51. The Morgan fingerprint density at radius 3 is 2.00 bits per heavy atom. The molecular formula is C23H23N3O5S. The maximum Gasteiger partial charge on any atom is 0.276 e. The molecule has 8 nitrogen and oxygen atoms in total. The van der Waals surface area contributed by atoms with E-state index in [1.807, 2.05) is 42.5 Å². The predicted molar refractivity (Wildman–Crippen MR) is 120 cm³/mol. The highest BCUT2D eigenvalue weighted by atomic mass is 32.2. The second-order valence-corrected chi connectivity index (χ2v) is 8.59. The standard InChI is InChI=1S/C23H23N3O5S/c1-17(26-32(29,30)21-10-6-3-7-11-21)23(28)25-24-22(27)16-31-20-14-12-19(13-15-20)18-8-4-2-5-9-18/h2-15,17,26H,16H2,1H3,(H,24,27)(H,25,28). The molecular weight excluding hydrogens is 430 g/mol. The highest BCUT2D eigenvalue weighted by Gasteiger charge is 2.22. The van der Waals surface area contributed by atoms with Crippen molar-refractivity contribution in [1.29, 1.82) is 0 Å². The predicted octanol–water partition coefficient (Wildman–Crippen LogP) is 2.25. The van der Waals surface area contributed by atoms with Crippen molar-refractivity contribution in [2.75, 3.05) is 6.61 Å². The Balaban J connectivity index is 1.44. The monoisotopic (exact) mass is 453 g/mol. The topological polar surface area (TPSA) is 114 Å². The van der Waals surface area contributed by atoms with Crippen LogP contribution < -0.4 is 20.3 Å². The first kappa shape index (κ1) is 23.0. The van der Waals surface area contributed by atoms with Crippen LogP contribution in [0.2, 0.25) is 0 Å². The van der Waals surface area contributed by atoms with Crippen molar-refractivity contribution in [2.45, 2.75) is 17.9 Å². The molecule has 0 aliphatic rings. The quantitative estimate of drug-likeness (QED) is 0.453. The van der Waals surface area contributed by atoms with Crippen molar-refractivity contribution >= 4 is 21.8 Å². The minimum atomic E-state index is -3.86. The number of nitrogens with one attached hydrogen (secondary N) is 3. The van der Waals surface area contributed by atoms with Crippen LogP contribution in [0.3, 0.4) is 0 Å². The molecule has 3 aromatic rings. The lowest BCUT2D eigenvalue weighted by atomic mass is 10.1. The molecule has 0 spiro atoms. The van der Waals surface area contributed by atoms with Crippen LogP contribution in [0.15, 0.2) is 89.8 Å². The number of amides is 2. The van der Waals surface area contributed by atoms with Gasteiger partial charge in [-0.05, 0) is 42.3 Å². The van der Waals surface area contributed by atoms with Gasteiger partial charge >= 0.3 is 0 Å². The van der Waals surface area contributed by atoms with Gasteiger partial charge in [-0.25, -0.2) is 8.42 Å². The molecule has 0 heterocycles. The van der Waals surface area contributed by atoms with E-state index in [1.54, 1.807) is 30.3 Å². The van der Waals surface area contributed by atoms with Gasteiger partial charge in [0.2, 0.25) is 10.0 Å². The second-order valence-electron chi connectivity index (χ2n) is 6.87. The first-order chi connectivity index (χ1) is 15.3. The van der Waals surface area contributed by atoms with Crippen molar-refractivity contribution in [2.24, 2.45) is 0 Å². The summed E-state index contributed by atoms with van der Waals surface area (Å²) < 4.78 is 32.2. The SMILES string of the molecule is CC(NS(=O)(=O)c1ccccc1)C(=O)NNC(=O)COc1ccc(-c2ccccc2)cc1. The molecule has 32 heavy (non-hydrogen) atoms. The van der Waals surface area contributed by atoms with Gasteiger partial charge in [0.15, 0.2) is 6.61 Å². The summed E-state index contributed by atoms with van der Waals surface area (Å²) in [5.41, 5.74) is 6.46. The summed E-state index contributed by atoms with van der Waals surface area (Å²) in [4.78, 5) is 24.1. The smallest absolute Gasteiger partial charge is 0.276 e. The van der Waals surface area contributed by atoms with Gasteiger partial charge in [-0.3, -0.25) is 20.4 Å². The number of carbonyl (C=O) groups excluding carboxylic acids is 2. The molecule has 0 aliphatic heterocycles. The fraction of sp³-hybridized carbons (Fsp3) is 0.130. The normalized spacial score (nSPS) is 11.9. The molecule has 2 amide bonds. The molecule has 0 bridgehead atoms. The van der Waals surface area contributed by atoms with E-state index in [0.29, 0.717) is 5.75 Å². The Kier molecular flexibility index (Phi) is 7.58. The fourth-order valence-corrected chi connectivity index (χ4v) is 3.98. The Morgan fingerprint density at radius 1 is 0.812 bits per heavy atom. The van der Waals surface area contributed by atoms with Gasteiger partial charge in [-0.15, -0.1) is 0 Å². The van der Waals surface area contributed by atoms with E-state index < -0.39 is 27.9 Å². The molecule has 3 aromatic carbocycles. The fourth-order valence-electron chi connectivity index (χ4n) is 2.75. The molecule has 3 N–H and O–H groups in total. The summed E-state index contributed by atoms with van der Waals surface area (Å²) in [7, 11) is -3.86. The maximum absolute atomic E-state index is 12.3. The Bertz CT molecular complexity index is 1150. The summed E-state index contributed by atoms with van der Waals surface area (Å²) in [6.07, 6.45) is 0. The first-order valence-electron chi connectivity index (χ1n) is 9.79. The zero-order chi connectivity index (χ0) is 23.0. The average molecular weight is 454 g/mol. The number of hydrazine groups is 1. The highest BCUT2D eigenvalue weighted by molar-refractivity contribution is 7.89. The number of benzene rings is 3. The number of sulfonamides is 1. The van der Waals surface area contributed by atoms with E-state index in [0.717, 1.165) is 11.1 Å². The van der Waals surface area contributed by atoms with Gasteiger partial charge < -0.3 is 4.74 Å². The molecule has 0 radical (unpaired) electrons. The van der Waals surface area contributed by atoms with Gasteiger partial charge in [-0.2, -0.15) is 4.72 Å². The first-order valence-corrected chi connectivity index (χ1v) is 11.3. The average Bonchev–Trinajstić information content (AvgIpc) is 2.82. The van der Waals surface area contributed by atoms with Crippen molar-refractivity contribution < 1.29 is 22.7 Å². The molecule has 9 heteroatoms. The Labute approximate surface area is 186 Å². The van der Waals surface area contributed by atoms with Gasteiger partial charge in [0.1, 0.15) is 5.75 Å². The third kappa shape index (κ3) is 6.40. The summed E-state index contributed by atoms with van der Waals surface area (Å²) in [6.45, 7) is 1.04. The summed E-state index contributed by atoms with van der Waals surface area (Å²) >= 11 is 0. The van der Waals surface area contributed by atoms with Gasteiger partial charge in [-0.1, -0.05) is 60.7 Å². The van der Waals surface area contributed by atoms with Crippen LogP contribution >= 0.6 is 0 Å². The van der Waals surface area contributed by atoms with Crippen LogP contribution in [0, 0.1) is 0 Å². The van der Waals surface area contributed by atoms with E-state index in [-0.39, 0.29) is 11.5 Å². The van der Waals surface area contributed by atoms with E-state index in [9.17, 15) is 18.0 Å². The van der Waals surface area contributed by atoms with Gasteiger partial charge in [0.25, 0.3) is 11.8 Å². The minimum Gasteiger partial charge on any atom is -0.484 e. The number of hydrogen-bond donors (Lipinski definition) is 3. The third-order valence-electron chi connectivity index (χ3n) is 4.44. The lowest BCUT2D eigenvalue weighted by Gasteiger charge is -2.15. The molecule has 3 rings (SSSR count). The van der Waals surface area contributed by atoms with Crippen LogP contribution in [0.1, 0.15) is 6.92 Å². The van der Waals surface area contributed by atoms with E-state index >= 15 is 0 Å². The third-order valence-corrected chi connectivity index (χ3v) is 5.99. The van der Waals surface area contributed by atoms with Crippen LogP contribution in [0.25, 0.3) is 11.1 Å². The Morgan fingerprint density at radius 2 is 1.38 bits per heavy atom. The van der Waals surface area contributed by atoms with Crippen LogP contribution in [-0.2, 0) is 19.6 Å². The molecule has 0 fully saturated rings.